The second-order valence-electron chi connectivity index (χ2n) is 8.21. The summed E-state index contributed by atoms with van der Waals surface area (Å²) in [6.07, 6.45) is 2.98. The molecule has 0 saturated carbocycles. The van der Waals surface area contributed by atoms with Crippen LogP contribution in [0.4, 0.5) is 0 Å². The fourth-order valence-corrected chi connectivity index (χ4v) is 4.96. The number of aryl methyl sites for hydroxylation is 2. The Hall–Kier alpha value is -2.34. The Kier molecular flexibility index (Phi) is 5.15. The molecule has 2 saturated heterocycles. The summed E-state index contributed by atoms with van der Waals surface area (Å²) in [5, 5.41) is 10.4. The molecule has 3 heterocycles. The largest absolute Gasteiger partial charge is 0.395 e. The second kappa shape index (κ2) is 7.59. The summed E-state index contributed by atoms with van der Waals surface area (Å²) in [5.74, 6) is 0.247. The van der Waals surface area contributed by atoms with Gasteiger partial charge in [-0.3, -0.25) is 9.59 Å². The predicted octanol–water partition coefficient (Wildman–Crippen LogP) is 2.17. The summed E-state index contributed by atoms with van der Waals surface area (Å²) in [5.41, 5.74) is 1.89. The fraction of sp³-hybridized carbons (Fsp3) is 0.545. The summed E-state index contributed by atoms with van der Waals surface area (Å²) in [7, 11) is 0. The molecule has 1 spiro atoms. The van der Waals surface area contributed by atoms with Crippen molar-refractivity contribution in [1.29, 1.82) is 0 Å². The normalized spacial score (nSPS) is 22.6. The maximum Gasteiger partial charge on any atom is 0.230 e. The summed E-state index contributed by atoms with van der Waals surface area (Å²) < 4.78 is 2.20. The van der Waals surface area contributed by atoms with Crippen LogP contribution >= 0.6 is 0 Å². The molecule has 0 unspecified atom stereocenters. The molecule has 1 aromatic carbocycles. The highest BCUT2D eigenvalue weighted by atomic mass is 16.3. The number of β-amino-alcohol motifs (C(OH)–C–C–N with tert-alkyl or cyclic N) is 1. The number of hydrogen-bond donors (Lipinski definition) is 1. The number of aliphatic hydroxyl groups excluding tert-OH is 1. The number of fused-ring (bicyclic) bond motifs is 1. The molecule has 2 amide bonds. The Balaban J connectivity index is 1.41. The van der Waals surface area contributed by atoms with Gasteiger partial charge < -0.3 is 19.5 Å². The molecule has 2 aliphatic heterocycles. The van der Waals surface area contributed by atoms with Crippen molar-refractivity contribution in [2.75, 3.05) is 32.8 Å². The molecule has 150 valence electrons. The third kappa shape index (κ3) is 3.30. The van der Waals surface area contributed by atoms with Crippen molar-refractivity contribution in [1.82, 2.24) is 14.4 Å². The number of nitrogens with zero attached hydrogens (tertiary/aromatic N) is 3. The van der Waals surface area contributed by atoms with E-state index in [2.05, 4.69) is 29.7 Å². The van der Waals surface area contributed by atoms with E-state index in [1.54, 1.807) is 4.90 Å². The summed E-state index contributed by atoms with van der Waals surface area (Å²) in [6.45, 7) is 5.03. The van der Waals surface area contributed by atoms with Gasteiger partial charge in [0.15, 0.2) is 0 Å². The molecule has 1 N–H and O–H groups in total. The lowest BCUT2D eigenvalue weighted by Gasteiger charge is -2.39. The second-order valence-corrected chi connectivity index (χ2v) is 8.21. The first-order valence-corrected chi connectivity index (χ1v) is 10.3. The third-order valence-electron chi connectivity index (χ3n) is 6.47. The van der Waals surface area contributed by atoms with Crippen molar-refractivity contribution in [2.45, 2.75) is 39.2 Å². The minimum absolute atomic E-state index is 0.00531. The van der Waals surface area contributed by atoms with E-state index in [0.29, 0.717) is 32.6 Å². The fourth-order valence-electron chi connectivity index (χ4n) is 4.96. The topological polar surface area (TPSA) is 65.8 Å². The van der Waals surface area contributed by atoms with Crippen LogP contribution in [0.15, 0.2) is 30.3 Å². The molecule has 28 heavy (non-hydrogen) atoms. The highest BCUT2D eigenvalue weighted by Gasteiger charge is 2.49. The quantitative estimate of drug-likeness (QED) is 0.861. The highest BCUT2D eigenvalue weighted by molar-refractivity contribution is 5.86. The van der Waals surface area contributed by atoms with Crippen LogP contribution in [0.2, 0.25) is 0 Å². The van der Waals surface area contributed by atoms with E-state index in [-0.39, 0.29) is 18.4 Å². The summed E-state index contributed by atoms with van der Waals surface area (Å²) >= 11 is 0. The highest BCUT2D eigenvalue weighted by Crippen LogP contribution is 2.40. The molecule has 2 fully saturated rings. The SMILES string of the molecule is Cc1cc2ccccc2n1CCC(=O)N1CC[C@@]2(CCCN(CCO)C2=O)C1. The molecule has 0 bridgehead atoms. The van der Waals surface area contributed by atoms with Crippen LogP contribution in [0, 0.1) is 12.3 Å². The van der Waals surface area contributed by atoms with Crippen LogP contribution < -0.4 is 0 Å². The van der Waals surface area contributed by atoms with Gasteiger partial charge in [0.2, 0.25) is 11.8 Å². The molecule has 4 rings (SSSR count). The first kappa shape index (κ1) is 19.0. The van der Waals surface area contributed by atoms with Crippen LogP contribution in [-0.2, 0) is 16.1 Å². The molecule has 6 heteroatoms. The van der Waals surface area contributed by atoms with E-state index >= 15 is 0 Å². The lowest BCUT2D eigenvalue weighted by Crippen LogP contribution is -2.51. The van der Waals surface area contributed by atoms with Gasteiger partial charge in [0.25, 0.3) is 0 Å². The number of para-hydroxylation sites is 1. The number of likely N-dealkylation sites (tertiary alicyclic amines) is 2. The van der Waals surface area contributed by atoms with Crippen molar-refractivity contribution in [3.63, 3.8) is 0 Å². The van der Waals surface area contributed by atoms with E-state index in [4.69, 9.17) is 0 Å². The predicted molar refractivity (Wildman–Crippen MR) is 108 cm³/mol. The Morgan fingerprint density at radius 2 is 2.00 bits per heavy atom. The van der Waals surface area contributed by atoms with Gasteiger partial charge in [-0.15, -0.1) is 0 Å². The Labute approximate surface area is 165 Å². The van der Waals surface area contributed by atoms with Gasteiger partial charge in [0, 0.05) is 50.4 Å². The lowest BCUT2D eigenvalue weighted by molar-refractivity contribution is -0.146. The standard InChI is InChI=1S/C22H29N3O3/c1-17-15-18-5-2-3-6-19(18)25(17)11-7-20(27)24-12-9-22(16-24)8-4-10-23(13-14-26)21(22)28/h2-3,5-6,15,26H,4,7-14,16H2,1H3/t22-/m0/s1. The monoisotopic (exact) mass is 383 g/mol. The van der Waals surface area contributed by atoms with Crippen molar-refractivity contribution in [3.05, 3.63) is 36.0 Å². The summed E-state index contributed by atoms with van der Waals surface area (Å²) in [6, 6.07) is 10.4. The summed E-state index contributed by atoms with van der Waals surface area (Å²) in [4.78, 5) is 29.4. The molecule has 6 nitrogen and oxygen atoms in total. The number of carbonyl (C=O) groups is 2. The number of benzene rings is 1. The van der Waals surface area contributed by atoms with Crippen molar-refractivity contribution < 1.29 is 14.7 Å². The minimum atomic E-state index is -0.431. The zero-order chi connectivity index (χ0) is 19.7. The third-order valence-corrected chi connectivity index (χ3v) is 6.47. The first-order valence-electron chi connectivity index (χ1n) is 10.3. The van der Waals surface area contributed by atoms with E-state index in [0.717, 1.165) is 37.0 Å². The van der Waals surface area contributed by atoms with E-state index in [1.165, 1.54) is 5.39 Å². The zero-order valence-electron chi connectivity index (χ0n) is 16.6. The minimum Gasteiger partial charge on any atom is -0.395 e. The average Bonchev–Trinajstić information content (AvgIpc) is 3.25. The number of rotatable bonds is 5. The molecule has 0 aliphatic carbocycles. The lowest BCUT2D eigenvalue weighted by atomic mass is 9.78. The Morgan fingerprint density at radius 3 is 2.82 bits per heavy atom. The van der Waals surface area contributed by atoms with Crippen molar-refractivity contribution in [3.8, 4) is 0 Å². The van der Waals surface area contributed by atoms with Gasteiger partial charge in [0.05, 0.1) is 12.0 Å². The van der Waals surface area contributed by atoms with E-state index < -0.39 is 5.41 Å². The van der Waals surface area contributed by atoms with Crippen LogP contribution in [0.5, 0.6) is 0 Å². The van der Waals surface area contributed by atoms with Gasteiger partial charge >= 0.3 is 0 Å². The number of hydrogen-bond acceptors (Lipinski definition) is 3. The van der Waals surface area contributed by atoms with E-state index in [9.17, 15) is 14.7 Å². The number of aliphatic hydroxyl groups is 1. The van der Waals surface area contributed by atoms with Gasteiger partial charge in [-0.25, -0.2) is 0 Å². The van der Waals surface area contributed by atoms with Crippen LogP contribution in [-0.4, -0.2) is 64.1 Å². The first-order chi connectivity index (χ1) is 13.5. The van der Waals surface area contributed by atoms with Gasteiger partial charge in [-0.1, -0.05) is 18.2 Å². The molecule has 2 aromatic rings. The van der Waals surface area contributed by atoms with Gasteiger partial charge in [0.1, 0.15) is 0 Å². The number of piperidine rings is 1. The Bertz CT molecular complexity index is 888. The average molecular weight is 383 g/mol. The molecular formula is C22H29N3O3. The molecule has 1 aromatic heterocycles. The van der Waals surface area contributed by atoms with E-state index in [1.807, 2.05) is 17.0 Å². The van der Waals surface area contributed by atoms with Crippen molar-refractivity contribution >= 4 is 22.7 Å². The van der Waals surface area contributed by atoms with Crippen LogP contribution in [0.3, 0.4) is 0 Å². The maximum absolute atomic E-state index is 12.9. The Morgan fingerprint density at radius 1 is 1.18 bits per heavy atom. The van der Waals surface area contributed by atoms with Gasteiger partial charge in [-0.05, 0) is 43.7 Å². The van der Waals surface area contributed by atoms with Crippen molar-refractivity contribution in [2.24, 2.45) is 5.41 Å². The molecule has 0 radical (unpaired) electrons. The smallest absolute Gasteiger partial charge is 0.230 e. The number of carbonyl (C=O) groups excluding carboxylic acids is 2. The zero-order valence-corrected chi connectivity index (χ0v) is 16.6. The maximum atomic E-state index is 12.9. The molecule has 1 atom stereocenters. The number of aromatic nitrogens is 1. The van der Waals surface area contributed by atoms with Crippen LogP contribution in [0.1, 0.15) is 31.4 Å². The number of amides is 2. The molecule has 2 aliphatic rings. The molecular weight excluding hydrogens is 354 g/mol. The van der Waals surface area contributed by atoms with Crippen LogP contribution in [0.25, 0.3) is 10.9 Å². The van der Waals surface area contributed by atoms with Gasteiger partial charge in [-0.2, -0.15) is 0 Å².